The topological polar surface area (TPSA) is 29.1 Å². The molecule has 0 unspecified atom stereocenters. The Morgan fingerprint density at radius 1 is 1.39 bits per heavy atom. The van der Waals surface area contributed by atoms with Crippen LogP contribution in [0.2, 0.25) is 5.02 Å². The van der Waals surface area contributed by atoms with Gasteiger partial charge in [0.15, 0.2) is 0 Å². The molecule has 0 atom stereocenters. The van der Waals surface area contributed by atoms with E-state index in [-0.39, 0.29) is 5.91 Å². The van der Waals surface area contributed by atoms with Crippen LogP contribution >= 0.6 is 46.0 Å². The number of rotatable bonds is 7. The maximum atomic E-state index is 11.9. The Balaban J connectivity index is 2.34. The molecular formula is C13H17ClINOS. The number of hydrogen-bond acceptors (Lipinski definition) is 2. The minimum absolute atomic E-state index is 0.0354. The van der Waals surface area contributed by atoms with Gasteiger partial charge in [-0.05, 0) is 65.6 Å². The summed E-state index contributed by atoms with van der Waals surface area (Å²) in [5.74, 6) is 1.16. The molecule has 0 bridgehead atoms. The van der Waals surface area contributed by atoms with Crippen LogP contribution in [-0.4, -0.2) is 24.5 Å². The summed E-state index contributed by atoms with van der Waals surface area (Å²) in [4.78, 5) is 11.9. The van der Waals surface area contributed by atoms with Gasteiger partial charge in [0, 0.05) is 15.1 Å². The number of carbonyl (C=O) groups excluding carboxylic acids is 1. The zero-order valence-corrected chi connectivity index (χ0v) is 14.1. The predicted molar refractivity (Wildman–Crippen MR) is 88.7 cm³/mol. The minimum atomic E-state index is -0.0354. The molecule has 1 aromatic carbocycles. The van der Waals surface area contributed by atoms with Crippen LogP contribution in [-0.2, 0) is 0 Å². The van der Waals surface area contributed by atoms with Gasteiger partial charge in [-0.1, -0.05) is 18.0 Å². The van der Waals surface area contributed by atoms with Gasteiger partial charge in [-0.15, -0.1) is 0 Å². The Morgan fingerprint density at radius 3 is 2.89 bits per heavy atom. The van der Waals surface area contributed by atoms with Crippen molar-refractivity contribution in [2.75, 3.05) is 18.6 Å². The monoisotopic (exact) mass is 397 g/mol. The molecule has 2 nitrogen and oxygen atoms in total. The van der Waals surface area contributed by atoms with Crippen molar-refractivity contribution in [2.24, 2.45) is 0 Å². The number of thioether (sulfide) groups is 1. The van der Waals surface area contributed by atoms with Crippen LogP contribution in [0.1, 0.15) is 29.6 Å². The lowest BCUT2D eigenvalue weighted by Crippen LogP contribution is -2.25. The van der Waals surface area contributed by atoms with Gasteiger partial charge in [0.25, 0.3) is 5.91 Å². The van der Waals surface area contributed by atoms with E-state index in [1.54, 1.807) is 12.1 Å². The van der Waals surface area contributed by atoms with Gasteiger partial charge < -0.3 is 5.32 Å². The number of carbonyl (C=O) groups is 1. The number of halogens is 2. The molecule has 18 heavy (non-hydrogen) atoms. The maximum Gasteiger partial charge on any atom is 0.252 e. The highest BCUT2D eigenvalue weighted by atomic mass is 127. The fourth-order valence-corrected chi connectivity index (χ4v) is 2.76. The lowest BCUT2D eigenvalue weighted by molar-refractivity contribution is 0.0952. The average molecular weight is 398 g/mol. The molecule has 0 heterocycles. The van der Waals surface area contributed by atoms with E-state index in [0.29, 0.717) is 10.6 Å². The Bertz CT molecular complexity index is 401. The van der Waals surface area contributed by atoms with Gasteiger partial charge in [0.2, 0.25) is 0 Å². The van der Waals surface area contributed by atoms with Crippen LogP contribution in [0.25, 0.3) is 0 Å². The molecule has 0 fully saturated rings. The molecule has 1 N–H and O–H groups in total. The van der Waals surface area contributed by atoms with Crippen LogP contribution < -0.4 is 5.32 Å². The Morgan fingerprint density at radius 2 is 2.17 bits per heavy atom. The Labute approximate surface area is 131 Å². The summed E-state index contributed by atoms with van der Waals surface area (Å²) < 4.78 is 0.928. The molecule has 0 saturated carbocycles. The third-order valence-electron chi connectivity index (χ3n) is 2.48. The first kappa shape index (κ1) is 16.1. The van der Waals surface area contributed by atoms with Gasteiger partial charge in [0.1, 0.15) is 0 Å². The highest BCUT2D eigenvalue weighted by Crippen LogP contribution is 2.17. The summed E-state index contributed by atoms with van der Waals surface area (Å²) in [6.07, 6.45) is 5.52. The van der Waals surface area contributed by atoms with Crippen molar-refractivity contribution in [2.45, 2.75) is 19.3 Å². The van der Waals surface area contributed by atoms with Crippen LogP contribution in [0.3, 0.4) is 0 Å². The molecule has 1 rings (SSSR count). The minimum Gasteiger partial charge on any atom is -0.352 e. The van der Waals surface area contributed by atoms with Gasteiger partial charge in [-0.25, -0.2) is 0 Å². The molecule has 0 saturated heterocycles. The summed E-state index contributed by atoms with van der Waals surface area (Å²) in [6, 6.07) is 5.37. The number of benzene rings is 1. The molecule has 1 amide bonds. The summed E-state index contributed by atoms with van der Waals surface area (Å²) in [6.45, 7) is 0.732. The van der Waals surface area contributed by atoms with E-state index >= 15 is 0 Å². The molecule has 0 spiro atoms. The molecule has 0 aliphatic carbocycles. The van der Waals surface area contributed by atoms with Gasteiger partial charge in [0.05, 0.1) is 5.56 Å². The van der Waals surface area contributed by atoms with Crippen molar-refractivity contribution in [1.29, 1.82) is 0 Å². The predicted octanol–water partition coefficient (Wildman–Crippen LogP) is 4.21. The van der Waals surface area contributed by atoms with Crippen LogP contribution in [0.5, 0.6) is 0 Å². The molecule has 0 aliphatic heterocycles. The van der Waals surface area contributed by atoms with Crippen molar-refractivity contribution in [3.63, 3.8) is 0 Å². The molecule has 0 aliphatic rings. The SMILES string of the molecule is CSCCCCCNC(=O)c1cc(Cl)ccc1I. The van der Waals surface area contributed by atoms with E-state index in [1.165, 1.54) is 12.2 Å². The number of hydrogen-bond donors (Lipinski definition) is 1. The number of unbranched alkanes of at least 4 members (excludes halogenated alkanes) is 2. The molecule has 100 valence electrons. The largest absolute Gasteiger partial charge is 0.352 e. The lowest BCUT2D eigenvalue weighted by atomic mass is 10.2. The molecular weight excluding hydrogens is 381 g/mol. The summed E-state index contributed by atoms with van der Waals surface area (Å²) in [5.41, 5.74) is 0.659. The van der Waals surface area contributed by atoms with Gasteiger partial charge >= 0.3 is 0 Å². The zero-order valence-electron chi connectivity index (χ0n) is 10.3. The van der Waals surface area contributed by atoms with Crippen molar-refractivity contribution < 1.29 is 4.79 Å². The standard InChI is InChI=1S/C13H17ClINOS/c1-18-8-4-2-3-7-16-13(17)11-9-10(14)5-6-12(11)15/h5-6,9H,2-4,7-8H2,1H3,(H,16,17). The summed E-state index contributed by atoms with van der Waals surface area (Å²) >= 11 is 9.91. The first-order valence-corrected chi connectivity index (χ1v) is 8.72. The molecule has 0 radical (unpaired) electrons. The molecule has 0 aromatic heterocycles. The first-order valence-electron chi connectivity index (χ1n) is 5.87. The van der Waals surface area contributed by atoms with Crippen molar-refractivity contribution in [3.8, 4) is 0 Å². The van der Waals surface area contributed by atoms with Gasteiger partial charge in [-0.2, -0.15) is 11.8 Å². The normalized spacial score (nSPS) is 10.4. The summed E-state index contributed by atoms with van der Waals surface area (Å²) in [5, 5.41) is 3.53. The van der Waals surface area contributed by atoms with Crippen LogP contribution in [0, 0.1) is 3.57 Å². The smallest absolute Gasteiger partial charge is 0.252 e. The van der Waals surface area contributed by atoms with Gasteiger partial charge in [-0.3, -0.25) is 4.79 Å². The molecule has 1 aromatic rings. The fourth-order valence-electron chi connectivity index (χ4n) is 1.52. The second-order valence-corrected chi connectivity index (χ2v) is 6.52. The van der Waals surface area contributed by atoms with Crippen molar-refractivity contribution in [3.05, 3.63) is 32.4 Å². The highest BCUT2D eigenvalue weighted by molar-refractivity contribution is 14.1. The number of amides is 1. The van der Waals surface area contributed by atoms with E-state index in [2.05, 4.69) is 34.2 Å². The van der Waals surface area contributed by atoms with E-state index in [0.717, 1.165) is 23.0 Å². The van der Waals surface area contributed by atoms with Crippen molar-refractivity contribution >= 4 is 51.9 Å². The Hall–Kier alpha value is 0.0600. The zero-order chi connectivity index (χ0) is 13.4. The lowest BCUT2D eigenvalue weighted by Gasteiger charge is -2.07. The average Bonchev–Trinajstić information content (AvgIpc) is 2.36. The van der Waals surface area contributed by atoms with E-state index in [9.17, 15) is 4.79 Å². The second-order valence-electron chi connectivity index (χ2n) is 3.93. The third-order valence-corrected chi connectivity index (χ3v) is 4.36. The highest BCUT2D eigenvalue weighted by Gasteiger charge is 2.09. The quantitative estimate of drug-likeness (QED) is 0.552. The first-order chi connectivity index (χ1) is 8.65. The van der Waals surface area contributed by atoms with Crippen LogP contribution in [0.15, 0.2) is 18.2 Å². The molecule has 5 heteroatoms. The maximum absolute atomic E-state index is 11.9. The summed E-state index contributed by atoms with van der Waals surface area (Å²) in [7, 11) is 0. The van der Waals surface area contributed by atoms with E-state index in [1.807, 2.05) is 17.8 Å². The number of nitrogens with one attached hydrogen (secondary N) is 1. The third kappa shape index (κ3) is 5.80. The second kappa shape index (κ2) is 9.04. The van der Waals surface area contributed by atoms with E-state index in [4.69, 9.17) is 11.6 Å². The fraction of sp³-hybridized carbons (Fsp3) is 0.462. The Kier molecular flexibility index (Phi) is 8.10. The van der Waals surface area contributed by atoms with E-state index < -0.39 is 0 Å². The van der Waals surface area contributed by atoms with Crippen LogP contribution in [0.4, 0.5) is 0 Å². The van der Waals surface area contributed by atoms with Crippen molar-refractivity contribution in [1.82, 2.24) is 5.32 Å².